The molecule has 9 heteroatoms. The van der Waals surface area contributed by atoms with E-state index in [0.29, 0.717) is 10.9 Å². The van der Waals surface area contributed by atoms with Crippen LogP contribution in [-0.2, 0) is 0 Å². The standard InChI is InChI=1S/C19H21F2N7/c20-16(21)15-13(9-24-27-15)17-25-14-10-22-5-1-12(14)18(26-17)28-7-3-19(4-8-28)2-6-23-11-19/h1,5,9-10,16,23H,2-4,6-8,11H2,(H,24,27). The van der Waals surface area contributed by atoms with Gasteiger partial charge in [0.15, 0.2) is 5.82 Å². The Labute approximate surface area is 160 Å². The zero-order valence-corrected chi connectivity index (χ0v) is 15.3. The molecule has 146 valence electrons. The highest BCUT2D eigenvalue weighted by Crippen LogP contribution is 2.39. The Bertz CT molecular complexity index is 987. The van der Waals surface area contributed by atoms with E-state index in [2.05, 4.69) is 30.4 Å². The number of alkyl halides is 2. The monoisotopic (exact) mass is 385 g/mol. The molecule has 2 aliphatic rings. The van der Waals surface area contributed by atoms with Crippen LogP contribution in [0.1, 0.15) is 31.4 Å². The van der Waals surface area contributed by atoms with E-state index in [1.165, 1.54) is 12.6 Å². The van der Waals surface area contributed by atoms with E-state index < -0.39 is 6.43 Å². The highest BCUT2D eigenvalue weighted by Gasteiger charge is 2.37. The van der Waals surface area contributed by atoms with Crippen LogP contribution in [0.4, 0.5) is 14.6 Å². The lowest BCUT2D eigenvalue weighted by Gasteiger charge is -2.39. The molecule has 0 radical (unpaired) electrons. The van der Waals surface area contributed by atoms with Crippen LogP contribution in [-0.4, -0.2) is 51.3 Å². The number of hydrogen-bond acceptors (Lipinski definition) is 6. The fraction of sp³-hybridized carbons (Fsp3) is 0.474. The number of piperidine rings is 1. The molecule has 5 rings (SSSR count). The topological polar surface area (TPSA) is 82.6 Å². The van der Waals surface area contributed by atoms with Gasteiger partial charge >= 0.3 is 0 Å². The zero-order chi connectivity index (χ0) is 19.1. The van der Waals surface area contributed by atoms with Crippen molar-refractivity contribution in [2.24, 2.45) is 5.41 Å². The molecule has 3 aromatic rings. The lowest BCUT2D eigenvalue weighted by Crippen LogP contribution is -2.41. The number of nitrogens with one attached hydrogen (secondary N) is 2. The number of fused-ring (bicyclic) bond motifs is 1. The summed E-state index contributed by atoms with van der Waals surface area (Å²) in [5, 5.41) is 10.5. The Hall–Kier alpha value is -2.68. The Morgan fingerprint density at radius 3 is 2.71 bits per heavy atom. The third-order valence-corrected chi connectivity index (χ3v) is 6.06. The van der Waals surface area contributed by atoms with Gasteiger partial charge < -0.3 is 10.2 Å². The van der Waals surface area contributed by atoms with Gasteiger partial charge in [0, 0.05) is 31.2 Å². The molecular formula is C19H21F2N7. The number of H-pyrrole nitrogens is 1. The normalized spacial score (nSPS) is 19.2. The van der Waals surface area contributed by atoms with Gasteiger partial charge in [-0.1, -0.05) is 0 Å². The van der Waals surface area contributed by atoms with E-state index >= 15 is 0 Å². The summed E-state index contributed by atoms with van der Waals surface area (Å²) in [6.45, 7) is 3.95. The quantitative estimate of drug-likeness (QED) is 0.721. The molecule has 2 saturated heterocycles. The first-order valence-electron chi connectivity index (χ1n) is 9.54. The van der Waals surface area contributed by atoms with Crippen LogP contribution in [0.2, 0.25) is 0 Å². The number of hydrogen-bond donors (Lipinski definition) is 2. The fourth-order valence-corrected chi connectivity index (χ4v) is 4.38. The van der Waals surface area contributed by atoms with Crippen molar-refractivity contribution in [2.45, 2.75) is 25.7 Å². The molecule has 0 saturated carbocycles. The molecule has 0 atom stereocenters. The Morgan fingerprint density at radius 1 is 1.11 bits per heavy atom. The van der Waals surface area contributed by atoms with Crippen molar-refractivity contribution >= 4 is 16.7 Å². The highest BCUT2D eigenvalue weighted by molar-refractivity contribution is 5.90. The fourth-order valence-electron chi connectivity index (χ4n) is 4.38. The molecule has 2 aliphatic heterocycles. The van der Waals surface area contributed by atoms with Gasteiger partial charge in [-0.15, -0.1) is 0 Å². The average molecular weight is 385 g/mol. The number of anilines is 1. The predicted octanol–water partition coefficient (Wildman–Crippen LogP) is 2.93. The minimum absolute atomic E-state index is 0.232. The first-order valence-corrected chi connectivity index (χ1v) is 9.54. The summed E-state index contributed by atoms with van der Waals surface area (Å²) in [4.78, 5) is 15.6. The van der Waals surface area contributed by atoms with Gasteiger partial charge in [0.05, 0.1) is 23.5 Å². The van der Waals surface area contributed by atoms with Gasteiger partial charge in [-0.25, -0.2) is 18.7 Å². The van der Waals surface area contributed by atoms with Gasteiger partial charge in [0.1, 0.15) is 11.5 Å². The van der Waals surface area contributed by atoms with Gasteiger partial charge in [0.2, 0.25) is 0 Å². The predicted molar refractivity (Wildman–Crippen MR) is 101 cm³/mol. The van der Waals surface area contributed by atoms with Crippen molar-refractivity contribution in [3.63, 3.8) is 0 Å². The van der Waals surface area contributed by atoms with Gasteiger partial charge in [-0.05, 0) is 37.3 Å². The molecule has 0 amide bonds. The van der Waals surface area contributed by atoms with Crippen LogP contribution in [0.15, 0.2) is 24.7 Å². The largest absolute Gasteiger partial charge is 0.356 e. The Balaban J connectivity index is 1.55. The number of aromatic amines is 1. The molecule has 5 heterocycles. The van der Waals surface area contributed by atoms with Crippen molar-refractivity contribution in [3.05, 3.63) is 30.4 Å². The van der Waals surface area contributed by atoms with Gasteiger partial charge in [-0.3, -0.25) is 10.1 Å². The van der Waals surface area contributed by atoms with Crippen LogP contribution in [0, 0.1) is 5.41 Å². The van der Waals surface area contributed by atoms with Crippen LogP contribution < -0.4 is 10.2 Å². The molecule has 2 fully saturated rings. The minimum atomic E-state index is -2.67. The first kappa shape index (κ1) is 17.4. The summed E-state index contributed by atoms with van der Waals surface area (Å²) in [6, 6.07) is 1.89. The van der Waals surface area contributed by atoms with E-state index in [-0.39, 0.29) is 17.1 Å². The van der Waals surface area contributed by atoms with E-state index in [1.807, 2.05) is 6.07 Å². The molecule has 0 aromatic carbocycles. The smallest absolute Gasteiger partial charge is 0.280 e. The van der Waals surface area contributed by atoms with Crippen LogP contribution in [0.25, 0.3) is 22.3 Å². The molecule has 7 nitrogen and oxygen atoms in total. The second-order valence-corrected chi connectivity index (χ2v) is 7.68. The summed E-state index contributed by atoms with van der Waals surface area (Å²) >= 11 is 0. The molecule has 2 N–H and O–H groups in total. The van der Waals surface area contributed by atoms with Crippen LogP contribution in [0.5, 0.6) is 0 Å². The molecule has 28 heavy (non-hydrogen) atoms. The highest BCUT2D eigenvalue weighted by atomic mass is 19.3. The number of rotatable bonds is 3. The zero-order valence-electron chi connectivity index (χ0n) is 15.3. The summed E-state index contributed by atoms with van der Waals surface area (Å²) in [5.41, 5.74) is 1.00. The molecule has 0 unspecified atom stereocenters. The van der Waals surface area contributed by atoms with Gasteiger partial charge in [0.25, 0.3) is 6.43 Å². The van der Waals surface area contributed by atoms with Crippen molar-refractivity contribution in [1.82, 2.24) is 30.5 Å². The number of halogens is 2. The maximum absolute atomic E-state index is 13.3. The van der Waals surface area contributed by atoms with Crippen LogP contribution >= 0.6 is 0 Å². The third-order valence-electron chi connectivity index (χ3n) is 6.06. The second-order valence-electron chi connectivity index (χ2n) is 7.68. The molecule has 0 aliphatic carbocycles. The first-order chi connectivity index (χ1) is 13.7. The maximum atomic E-state index is 13.3. The summed E-state index contributed by atoms with van der Waals surface area (Å²) in [6.07, 6.45) is 5.46. The summed E-state index contributed by atoms with van der Waals surface area (Å²) in [5.74, 6) is 1.03. The van der Waals surface area contributed by atoms with E-state index in [1.54, 1.807) is 12.4 Å². The number of nitrogens with zero attached hydrogens (tertiary/aromatic N) is 5. The SMILES string of the molecule is FC(F)c1[nH]ncc1-c1nc(N2CCC3(CCNC3)CC2)c2ccncc2n1. The minimum Gasteiger partial charge on any atom is -0.356 e. The van der Waals surface area contributed by atoms with Gasteiger partial charge in [-0.2, -0.15) is 5.10 Å². The van der Waals surface area contributed by atoms with E-state index in [9.17, 15) is 8.78 Å². The average Bonchev–Trinajstić information content (AvgIpc) is 3.38. The molecule has 1 spiro atoms. The van der Waals surface area contributed by atoms with E-state index in [0.717, 1.165) is 50.2 Å². The third kappa shape index (κ3) is 2.90. The Morgan fingerprint density at radius 2 is 1.96 bits per heavy atom. The Kier molecular flexibility index (Phi) is 4.19. The number of pyridine rings is 1. The maximum Gasteiger partial charge on any atom is 0.280 e. The van der Waals surface area contributed by atoms with Crippen LogP contribution in [0.3, 0.4) is 0 Å². The summed E-state index contributed by atoms with van der Waals surface area (Å²) in [7, 11) is 0. The summed E-state index contributed by atoms with van der Waals surface area (Å²) < 4.78 is 26.7. The lowest BCUT2D eigenvalue weighted by atomic mass is 9.78. The van der Waals surface area contributed by atoms with E-state index in [4.69, 9.17) is 4.98 Å². The molecule has 3 aromatic heterocycles. The number of aromatic nitrogens is 5. The molecule has 0 bridgehead atoms. The van der Waals surface area contributed by atoms with Crippen molar-refractivity contribution < 1.29 is 8.78 Å². The van der Waals surface area contributed by atoms with Crippen molar-refractivity contribution in [1.29, 1.82) is 0 Å². The second kappa shape index (κ2) is 6.73. The van der Waals surface area contributed by atoms with Crippen molar-refractivity contribution in [2.75, 3.05) is 31.1 Å². The van der Waals surface area contributed by atoms with Crippen molar-refractivity contribution in [3.8, 4) is 11.4 Å². The molecular weight excluding hydrogens is 364 g/mol. The lowest BCUT2D eigenvalue weighted by molar-refractivity contribution is 0.146.